The van der Waals surface area contributed by atoms with Gasteiger partial charge in [0.15, 0.2) is 29.8 Å². The lowest BCUT2D eigenvalue weighted by atomic mass is 10.1. The van der Waals surface area contributed by atoms with Gasteiger partial charge in [-0.05, 0) is 37.1 Å². The van der Waals surface area contributed by atoms with Crippen molar-refractivity contribution in [3.05, 3.63) is 44.1 Å². The van der Waals surface area contributed by atoms with Gasteiger partial charge in [-0.3, -0.25) is 24.2 Å². The molecule has 192 valence electrons. The van der Waals surface area contributed by atoms with Crippen LogP contribution in [0.2, 0.25) is 0 Å². The molecule has 0 bridgehead atoms. The largest absolute Gasteiger partial charge is 0.457 e. The Morgan fingerprint density at radius 2 is 1.53 bits per heavy atom. The van der Waals surface area contributed by atoms with Crippen LogP contribution in [0.4, 0.5) is 0 Å². The van der Waals surface area contributed by atoms with Gasteiger partial charge in [-0.15, -0.1) is 0 Å². The van der Waals surface area contributed by atoms with Gasteiger partial charge in [-0.25, -0.2) is 9.78 Å². The van der Waals surface area contributed by atoms with Crippen LogP contribution in [0.5, 0.6) is 0 Å². The van der Waals surface area contributed by atoms with Crippen molar-refractivity contribution in [2.75, 3.05) is 6.61 Å². The Kier molecular flexibility index (Phi) is 7.83. The second-order valence-corrected chi connectivity index (χ2v) is 8.24. The quantitative estimate of drug-likeness (QED) is 0.240. The fourth-order valence-corrected chi connectivity index (χ4v) is 3.84. The monoisotopic (exact) mass is 502 g/mol. The molecule has 3 atom stereocenters. The maximum Gasteiger partial charge on any atom is 0.349 e. The number of rotatable bonds is 8. The maximum atomic E-state index is 12.5. The van der Waals surface area contributed by atoms with Crippen LogP contribution in [0.15, 0.2) is 21.7 Å². The summed E-state index contributed by atoms with van der Waals surface area (Å²) in [7, 11) is 0. The number of esters is 3. The smallest absolute Gasteiger partial charge is 0.349 e. The highest BCUT2D eigenvalue weighted by molar-refractivity contribution is 5.81. The highest BCUT2D eigenvalue weighted by Gasteiger charge is 2.38. The van der Waals surface area contributed by atoms with Crippen LogP contribution in [-0.2, 0) is 35.1 Å². The van der Waals surface area contributed by atoms with Crippen molar-refractivity contribution < 1.29 is 33.7 Å². The first-order valence-corrected chi connectivity index (χ1v) is 11.0. The molecule has 13 nitrogen and oxygen atoms in total. The van der Waals surface area contributed by atoms with Crippen molar-refractivity contribution in [3.8, 4) is 11.5 Å². The van der Waals surface area contributed by atoms with E-state index in [0.29, 0.717) is 11.0 Å². The minimum Gasteiger partial charge on any atom is -0.457 e. The minimum atomic E-state index is -1.44. The normalized spacial score (nSPS) is 13.7. The number of nitrogens with one attached hydrogen (secondary N) is 1. The Morgan fingerprint density at radius 1 is 0.944 bits per heavy atom. The molecule has 2 aliphatic rings. The van der Waals surface area contributed by atoms with Crippen LogP contribution >= 0.6 is 0 Å². The molecule has 2 aliphatic heterocycles. The molecule has 0 amide bonds. The molecule has 0 unspecified atom stereocenters. The second-order valence-electron chi connectivity index (χ2n) is 8.24. The average Bonchev–Trinajstić information content (AvgIpc) is 2.76. The molecule has 13 heteroatoms. The SMILES string of the molecule is CC(=O)O[C@H]([C@H](Cn1c2nc(=O)[nH]c(=O)c-2nc2cc(C)c(C)cc21)OC(C)=O)[C@@H](CO)OC(C)=O. The van der Waals surface area contributed by atoms with E-state index in [1.54, 1.807) is 12.1 Å². The lowest BCUT2D eigenvalue weighted by Crippen LogP contribution is -2.48. The molecule has 0 radical (unpaired) electrons. The van der Waals surface area contributed by atoms with E-state index < -0.39 is 54.1 Å². The van der Waals surface area contributed by atoms with Crippen LogP contribution in [0, 0.1) is 13.8 Å². The molecule has 0 aromatic heterocycles. The standard InChI is InChI=1S/C23H26N4O9/c1-10-6-15-16(7-11(10)2)27(21-19(24-15)22(32)26-23(33)25-21)8-17(34-12(3)29)20(36-14(5)31)18(9-28)35-13(4)30/h6-7,17-18,20,28H,8-9H2,1-5H3,(H,26,32,33)/t17-,18+,20+/m0/s1. The summed E-state index contributed by atoms with van der Waals surface area (Å²) in [6.45, 7) is 5.98. The first kappa shape index (κ1) is 26.5. The van der Waals surface area contributed by atoms with Gasteiger partial charge in [0, 0.05) is 20.8 Å². The zero-order chi connectivity index (χ0) is 26.7. The minimum absolute atomic E-state index is 0.105. The van der Waals surface area contributed by atoms with Gasteiger partial charge in [0.25, 0.3) is 5.56 Å². The fraction of sp³-hybridized carbons (Fsp3) is 0.435. The van der Waals surface area contributed by atoms with Crippen LogP contribution in [0.3, 0.4) is 0 Å². The van der Waals surface area contributed by atoms with Crippen molar-refractivity contribution in [1.29, 1.82) is 0 Å². The molecule has 1 aromatic carbocycles. The number of aliphatic hydroxyl groups is 1. The number of aryl methyl sites for hydroxylation is 2. The summed E-state index contributed by atoms with van der Waals surface area (Å²) >= 11 is 0. The van der Waals surface area contributed by atoms with E-state index in [4.69, 9.17) is 14.2 Å². The van der Waals surface area contributed by atoms with E-state index in [-0.39, 0.29) is 18.1 Å². The highest BCUT2D eigenvalue weighted by Crippen LogP contribution is 2.26. The Hall–Kier alpha value is -4.13. The molecule has 2 heterocycles. The number of hydrogen-bond acceptors (Lipinski definition) is 11. The van der Waals surface area contributed by atoms with Gasteiger partial charge in [0.05, 0.1) is 24.2 Å². The van der Waals surface area contributed by atoms with Crippen LogP contribution < -0.4 is 11.2 Å². The number of aromatic nitrogens is 4. The number of carbonyl (C=O) groups excluding carboxylic acids is 3. The predicted molar refractivity (Wildman–Crippen MR) is 124 cm³/mol. The predicted octanol–water partition coefficient (Wildman–Crippen LogP) is -0.0112. The Labute approximate surface area is 204 Å². The number of ether oxygens (including phenoxy) is 3. The number of nitrogens with zero attached hydrogens (tertiary/aromatic N) is 3. The highest BCUT2D eigenvalue weighted by atomic mass is 16.6. The lowest BCUT2D eigenvalue weighted by Gasteiger charge is -2.32. The van der Waals surface area contributed by atoms with Crippen molar-refractivity contribution in [2.45, 2.75) is 59.5 Å². The summed E-state index contributed by atoms with van der Waals surface area (Å²) < 4.78 is 17.3. The third kappa shape index (κ3) is 5.74. The molecular weight excluding hydrogens is 476 g/mol. The number of fused-ring (bicyclic) bond motifs is 2. The molecule has 2 N–H and O–H groups in total. The molecule has 0 saturated carbocycles. The van der Waals surface area contributed by atoms with Crippen molar-refractivity contribution in [2.24, 2.45) is 0 Å². The average molecular weight is 502 g/mol. The van der Waals surface area contributed by atoms with Gasteiger partial charge in [-0.1, -0.05) is 0 Å². The van der Waals surface area contributed by atoms with Crippen molar-refractivity contribution >= 4 is 28.9 Å². The lowest BCUT2D eigenvalue weighted by molar-refractivity contribution is -0.187. The number of hydrogen-bond donors (Lipinski definition) is 2. The zero-order valence-electron chi connectivity index (χ0n) is 20.4. The molecule has 36 heavy (non-hydrogen) atoms. The summed E-state index contributed by atoms with van der Waals surface area (Å²) in [5.74, 6) is -2.43. The number of H-pyrrole nitrogens is 1. The summed E-state index contributed by atoms with van der Waals surface area (Å²) in [5.41, 5.74) is 0.742. The number of aromatic amines is 1. The van der Waals surface area contributed by atoms with E-state index >= 15 is 0 Å². The van der Waals surface area contributed by atoms with Gasteiger partial charge in [-0.2, -0.15) is 4.98 Å². The van der Waals surface area contributed by atoms with Crippen LogP contribution in [0.25, 0.3) is 22.6 Å². The van der Waals surface area contributed by atoms with Crippen LogP contribution in [-0.4, -0.2) is 67.5 Å². The third-order valence-corrected chi connectivity index (χ3v) is 5.44. The van der Waals surface area contributed by atoms with Gasteiger partial charge < -0.3 is 23.9 Å². The second kappa shape index (κ2) is 10.6. The Morgan fingerprint density at radius 3 is 2.11 bits per heavy atom. The number of aliphatic hydroxyl groups excluding tert-OH is 1. The third-order valence-electron chi connectivity index (χ3n) is 5.44. The van der Waals surface area contributed by atoms with Crippen molar-refractivity contribution in [1.82, 2.24) is 19.5 Å². The summed E-state index contributed by atoms with van der Waals surface area (Å²) in [5, 5.41) is 9.87. The van der Waals surface area contributed by atoms with E-state index in [2.05, 4.69) is 15.0 Å². The molecule has 0 saturated heterocycles. The molecule has 0 fully saturated rings. The molecule has 0 aliphatic carbocycles. The summed E-state index contributed by atoms with van der Waals surface area (Å²) in [6, 6.07) is 3.50. The molecule has 0 spiro atoms. The molecule has 3 rings (SSSR count). The topological polar surface area (TPSA) is 180 Å². The van der Waals surface area contributed by atoms with E-state index in [1.165, 1.54) is 4.57 Å². The van der Waals surface area contributed by atoms with E-state index in [0.717, 1.165) is 31.9 Å². The van der Waals surface area contributed by atoms with Crippen molar-refractivity contribution in [3.63, 3.8) is 0 Å². The van der Waals surface area contributed by atoms with E-state index in [9.17, 15) is 29.1 Å². The summed E-state index contributed by atoms with van der Waals surface area (Å²) in [6.07, 6.45) is -4.16. The first-order valence-electron chi connectivity index (χ1n) is 11.0. The summed E-state index contributed by atoms with van der Waals surface area (Å²) in [4.78, 5) is 70.5. The van der Waals surface area contributed by atoms with Crippen LogP contribution in [0.1, 0.15) is 31.9 Å². The molecular formula is C23H26N4O9. The zero-order valence-corrected chi connectivity index (χ0v) is 20.4. The maximum absolute atomic E-state index is 12.5. The Bertz CT molecular complexity index is 1410. The van der Waals surface area contributed by atoms with Gasteiger partial charge >= 0.3 is 23.6 Å². The first-order chi connectivity index (χ1) is 16.9. The van der Waals surface area contributed by atoms with Gasteiger partial charge in [0.2, 0.25) is 0 Å². The molecule has 1 aromatic rings. The van der Waals surface area contributed by atoms with Gasteiger partial charge in [0.1, 0.15) is 0 Å². The fourth-order valence-electron chi connectivity index (χ4n) is 3.84. The number of benzene rings is 1. The number of carbonyl (C=O) groups is 3. The Balaban J connectivity index is 2.29. The van der Waals surface area contributed by atoms with E-state index in [1.807, 2.05) is 13.8 Å².